The lowest BCUT2D eigenvalue weighted by molar-refractivity contribution is -0.991. The van der Waals surface area contributed by atoms with Crippen LogP contribution < -0.4 is 21.4 Å². The molecule has 1 aliphatic rings. The summed E-state index contributed by atoms with van der Waals surface area (Å²) in [6, 6.07) is 17.2. The second-order valence-corrected chi connectivity index (χ2v) is 9.22. The Kier molecular flexibility index (Phi) is 8.29. The Morgan fingerprint density at radius 2 is 1.85 bits per heavy atom. The zero-order valence-electron chi connectivity index (χ0n) is 20.6. The van der Waals surface area contributed by atoms with Gasteiger partial charge in [-0.3, -0.25) is 9.69 Å². The Hall–Kier alpha value is -4.26. The molecule has 202 valence electrons. The van der Waals surface area contributed by atoms with E-state index in [1.165, 1.54) is 48.5 Å². The summed E-state index contributed by atoms with van der Waals surface area (Å²) in [7, 11) is 0. The topological polar surface area (TPSA) is 147 Å². The number of aliphatic hydroxyl groups excluding tert-OH is 1. The Labute approximate surface area is 228 Å². The first-order valence-corrected chi connectivity index (χ1v) is 12.1. The van der Waals surface area contributed by atoms with Crippen LogP contribution in [0.2, 0.25) is 5.02 Å². The number of anilines is 1. The molecule has 3 aromatic carbocycles. The van der Waals surface area contributed by atoms with Gasteiger partial charge in [0.1, 0.15) is 11.5 Å². The zero-order chi connectivity index (χ0) is 28.3. The fraction of sp³-hybridized carbons (Fsp3) is 0.111. The lowest BCUT2D eigenvalue weighted by atomic mass is 9.92. The van der Waals surface area contributed by atoms with Crippen molar-refractivity contribution in [3.05, 3.63) is 123 Å². The number of rotatable bonds is 8. The molecule has 2 atom stereocenters. The number of carbonyl (C=O) groups excluding carboxylic acids is 2. The summed E-state index contributed by atoms with van der Waals surface area (Å²) in [5, 5.41) is 34.4. The van der Waals surface area contributed by atoms with Gasteiger partial charge >= 0.3 is 6.03 Å². The number of nitrogens with two attached hydrogens (primary N) is 1. The fourth-order valence-corrected chi connectivity index (χ4v) is 4.15. The largest absolute Gasteiger partial charge is 0.595 e. The summed E-state index contributed by atoms with van der Waals surface area (Å²) < 4.78 is 13.6. The molecular weight excluding hydrogens is 529 g/mol. The maximum atomic E-state index is 13.6. The van der Waals surface area contributed by atoms with Crippen LogP contribution in [-0.4, -0.2) is 27.2 Å². The van der Waals surface area contributed by atoms with E-state index in [1.807, 2.05) is 0 Å². The molecule has 1 aliphatic heterocycles. The van der Waals surface area contributed by atoms with Gasteiger partial charge in [0.15, 0.2) is 5.69 Å². The van der Waals surface area contributed by atoms with Crippen molar-refractivity contribution in [2.24, 2.45) is 5.84 Å². The van der Waals surface area contributed by atoms with Gasteiger partial charge in [0.05, 0.1) is 12.2 Å². The average molecular weight is 554 g/mol. The number of quaternary nitrogens is 1. The minimum atomic E-state index is -1.12. The van der Waals surface area contributed by atoms with Crippen molar-refractivity contribution in [3.63, 3.8) is 0 Å². The molecule has 0 bridgehead atoms. The number of urea groups is 1. The monoisotopic (exact) mass is 553 g/mol. The maximum absolute atomic E-state index is 13.6. The number of allylic oxidation sites excluding steroid dienone is 2. The number of hydrazine groups is 1. The Balaban J connectivity index is 1.72. The van der Waals surface area contributed by atoms with Crippen LogP contribution in [0.3, 0.4) is 0 Å². The molecule has 1 saturated heterocycles. The zero-order valence-corrected chi connectivity index (χ0v) is 21.4. The highest BCUT2D eigenvalue weighted by molar-refractivity contribution is 6.30. The van der Waals surface area contributed by atoms with Gasteiger partial charge in [-0.2, -0.15) is 5.23 Å². The number of hydrogen-bond acceptors (Lipinski definition) is 7. The first-order chi connectivity index (χ1) is 18.5. The van der Waals surface area contributed by atoms with Gasteiger partial charge < -0.3 is 15.6 Å². The number of nitrogens with one attached hydrogen (secondary N) is 2. The molecule has 1 fully saturated rings. The molecule has 0 aromatic heterocycles. The summed E-state index contributed by atoms with van der Waals surface area (Å²) in [5.41, 5.74) is 1.51. The number of amides is 3. The van der Waals surface area contributed by atoms with Crippen molar-refractivity contribution in [2.75, 3.05) is 5.01 Å². The van der Waals surface area contributed by atoms with Crippen molar-refractivity contribution < 1.29 is 29.5 Å². The molecule has 39 heavy (non-hydrogen) atoms. The molecule has 0 saturated carbocycles. The third kappa shape index (κ3) is 6.25. The van der Waals surface area contributed by atoms with Crippen molar-refractivity contribution in [1.29, 1.82) is 0 Å². The van der Waals surface area contributed by atoms with Crippen LogP contribution in [0.25, 0.3) is 0 Å². The summed E-state index contributed by atoms with van der Waals surface area (Å²) in [5.74, 6) is 4.04. The van der Waals surface area contributed by atoms with E-state index in [9.17, 15) is 24.3 Å². The van der Waals surface area contributed by atoms with Gasteiger partial charge in [-0.05, 0) is 53.6 Å². The molecule has 12 heteroatoms. The van der Waals surface area contributed by atoms with Gasteiger partial charge in [-0.1, -0.05) is 42.8 Å². The summed E-state index contributed by atoms with van der Waals surface area (Å²) in [4.78, 5) is 26.7. The van der Waals surface area contributed by atoms with E-state index in [1.54, 1.807) is 37.3 Å². The molecule has 0 aliphatic carbocycles. The van der Waals surface area contributed by atoms with Crippen molar-refractivity contribution >= 4 is 34.9 Å². The van der Waals surface area contributed by atoms with Crippen LogP contribution >= 0.6 is 11.6 Å². The van der Waals surface area contributed by atoms with Gasteiger partial charge in [0.2, 0.25) is 5.88 Å². The summed E-state index contributed by atoms with van der Waals surface area (Å²) >= 11 is 6.02. The highest BCUT2D eigenvalue weighted by atomic mass is 35.5. The summed E-state index contributed by atoms with van der Waals surface area (Å²) in [6.07, 6.45) is 1.33. The number of aliphatic hydroxyl groups is 1. The Bertz CT molecular complexity index is 1440. The third-order valence-corrected chi connectivity index (χ3v) is 6.46. The predicted octanol–water partition coefficient (Wildman–Crippen LogP) is 3.77. The molecule has 1 heterocycles. The quantitative estimate of drug-likeness (QED) is 0.0938. The number of halogens is 2. The molecule has 10 nitrogen and oxygen atoms in total. The van der Waals surface area contributed by atoms with Crippen LogP contribution in [0.1, 0.15) is 24.0 Å². The fourth-order valence-electron chi connectivity index (χ4n) is 4.03. The van der Waals surface area contributed by atoms with E-state index < -0.39 is 34.8 Å². The SMILES string of the molecule is CC(C(/C=C1\NC(=O)N(Cc2cccc(F)c2)C1=O)=C(/O)N(N)c1ccc([NH+]([O-])O)cc1)c1ccc(Cl)cc1. The van der Waals surface area contributed by atoms with E-state index in [0.29, 0.717) is 10.6 Å². The van der Waals surface area contributed by atoms with Crippen molar-refractivity contribution in [2.45, 2.75) is 19.4 Å². The minimum Gasteiger partial charge on any atom is -0.595 e. The molecule has 0 radical (unpaired) electrons. The van der Waals surface area contributed by atoms with Crippen LogP contribution in [0.4, 0.5) is 20.6 Å². The van der Waals surface area contributed by atoms with E-state index in [4.69, 9.17) is 22.7 Å². The van der Waals surface area contributed by atoms with E-state index >= 15 is 0 Å². The number of benzene rings is 3. The van der Waals surface area contributed by atoms with Crippen LogP contribution in [0.15, 0.2) is 96.0 Å². The standard InChI is InChI=1S/C27H25ClFN5O5/c1-16(18-5-7-19(28)8-6-18)23(25(35)33(30)21-9-11-22(12-10-21)34(38)39)14-24-26(36)32(27(37)31-24)15-17-3-2-4-20(29)13-17/h2-14,16,34-35,38H,15,30H2,1H3,(H,31,37)/b24-14-,25-23+. The highest BCUT2D eigenvalue weighted by Crippen LogP contribution is 2.31. The van der Waals surface area contributed by atoms with Crippen molar-refractivity contribution in [3.8, 4) is 0 Å². The first kappa shape index (κ1) is 27.8. The molecule has 2 unspecified atom stereocenters. The predicted molar refractivity (Wildman–Crippen MR) is 142 cm³/mol. The van der Waals surface area contributed by atoms with Gasteiger partial charge in [0.25, 0.3) is 5.91 Å². The number of imide groups is 1. The number of nitrogens with zero attached hydrogens (tertiary/aromatic N) is 2. The Morgan fingerprint density at radius 3 is 2.46 bits per heavy atom. The minimum absolute atomic E-state index is 0.0325. The molecule has 3 aromatic rings. The first-order valence-electron chi connectivity index (χ1n) is 11.7. The molecule has 3 amide bonds. The second-order valence-electron chi connectivity index (χ2n) is 8.78. The molecule has 6 N–H and O–H groups in total. The number of hydrogen-bond donors (Lipinski definition) is 5. The summed E-state index contributed by atoms with van der Waals surface area (Å²) in [6.45, 7) is 1.61. The average Bonchev–Trinajstić information content (AvgIpc) is 3.18. The Morgan fingerprint density at radius 1 is 1.18 bits per heavy atom. The van der Waals surface area contributed by atoms with Crippen LogP contribution in [-0.2, 0) is 11.3 Å². The van der Waals surface area contributed by atoms with E-state index in [0.717, 1.165) is 15.5 Å². The van der Waals surface area contributed by atoms with Crippen LogP contribution in [0.5, 0.6) is 0 Å². The van der Waals surface area contributed by atoms with Gasteiger partial charge in [-0.25, -0.2) is 25.2 Å². The van der Waals surface area contributed by atoms with E-state index in [2.05, 4.69) is 5.32 Å². The normalized spacial score (nSPS) is 16.7. The van der Waals surface area contributed by atoms with Gasteiger partial charge in [-0.15, -0.1) is 0 Å². The lowest BCUT2D eigenvalue weighted by Crippen LogP contribution is -2.99. The third-order valence-electron chi connectivity index (χ3n) is 6.21. The highest BCUT2D eigenvalue weighted by Gasteiger charge is 2.34. The van der Waals surface area contributed by atoms with E-state index in [-0.39, 0.29) is 29.2 Å². The number of carbonyl (C=O) groups is 2. The lowest BCUT2D eigenvalue weighted by Gasteiger charge is -2.23. The maximum Gasteiger partial charge on any atom is 0.329 e. The molecule has 0 spiro atoms. The molecule has 4 rings (SSSR count). The second kappa shape index (κ2) is 11.6. The smallest absolute Gasteiger partial charge is 0.329 e. The molecular formula is C27H25ClFN5O5. The van der Waals surface area contributed by atoms with Crippen LogP contribution in [0, 0.1) is 11.0 Å². The van der Waals surface area contributed by atoms with Gasteiger partial charge in [0, 0.05) is 28.6 Å². The van der Waals surface area contributed by atoms with Crippen molar-refractivity contribution in [1.82, 2.24) is 10.2 Å².